The topological polar surface area (TPSA) is 0 Å². The third-order valence-electron chi connectivity index (χ3n) is 0. The van der Waals surface area contributed by atoms with Crippen LogP contribution < -0.4 is 0 Å². The van der Waals surface area contributed by atoms with Crippen LogP contribution in [-0.2, 0) is 0 Å². The number of hydrogen-bond donors (Lipinski definition) is 0. The molecule has 0 saturated carbocycles. The van der Waals surface area contributed by atoms with Crippen LogP contribution in [0.5, 0.6) is 0 Å². The summed E-state index contributed by atoms with van der Waals surface area (Å²) in [5.41, 5.74) is 0. The zero-order valence-corrected chi connectivity index (χ0v) is 10.2. The van der Waals surface area contributed by atoms with E-state index < -0.39 is 0 Å². The summed E-state index contributed by atoms with van der Waals surface area (Å²) in [5.74, 6) is 0. The molecule has 0 atom stereocenters. The van der Waals surface area contributed by atoms with E-state index in [1.807, 2.05) is 0 Å². The fourth-order valence-corrected chi connectivity index (χ4v) is 0. The Morgan fingerprint density at radius 1 is 0.500 bits per heavy atom. The van der Waals surface area contributed by atoms with Gasteiger partial charge >= 0.3 is 0 Å². The molecule has 0 rings (SSSR count). The molecule has 0 nitrogen and oxygen atoms in total. The molecule has 0 N–H and O–H groups in total. The van der Waals surface area contributed by atoms with Crippen molar-refractivity contribution < 1.29 is 0 Å². The third-order valence-corrected chi connectivity index (χ3v) is 0. The Balaban J connectivity index is 0. The van der Waals surface area contributed by atoms with Gasteiger partial charge in [-0.05, 0) is 0 Å². The molecule has 6 valence electrons. The van der Waals surface area contributed by atoms with E-state index in [9.17, 15) is 0 Å². The molecule has 0 saturated heterocycles. The van der Waals surface area contributed by atoms with E-state index in [-0.39, 0.29) is 105 Å². The molecule has 6 radical (unpaired) electrons. The molecule has 0 unspecified atom stereocenters. The van der Waals surface area contributed by atoms with Gasteiger partial charge in [-0.15, -0.1) is 0 Å². The zero-order chi connectivity index (χ0) is 0. The standard InChI is InChI=1S/2Mg.2Na. The van der Waals surface area contributed by atoms with E-state index in [1.165, 1.54) is 0 Å². The van der Waals surface area contributed by atoms with Crippen LogP contribution >= 0.6 is 0 Å². The summed E-state index contributed by atoms with van der Waals surface area (Å²) in [6.45, 7) is 0. The maximum Gasteiger partial charge on any atom is 0 e. The van der Waals surface area contributed by atoms with E-state index in [1.54, 1.807) is 0 Å². The zero-order valence-electron chi connectivity index (χ0n) is 3.41. The fraction of sp³-hybridized carbons (Fsp3) is 0. The van der Waals surface area contributed by atoms with Crippen molar-refractivity contribution >= 4 is 105 Å². The minimum absolute atomic E-state index is 0. The van der Waals surface area contributed by atoms with Gasteiger partial charge in [0, 0.05) is 105 Å². The SMILES string of the molecule is [Mg].[Mg].[Na].[Na]. The molecule has 0 aromatic heterocycles. The Bertz CT molecular complexity index is 4.00. The molecule has 0 heterocycles. The van der Waals surface area contributed by atoms with Gasteiger partial charge in [0.25, 0.3) is 0 Å². The molecular weight excluding hydrogens is 94.6 g/mol. The summed E-state index contributed by atoms with van der Waals surface area (Å²) in [7, 11) is 0. The molecule has 0 amide bonds. The Hall–Kier alpha value is 3.53. The van der Waals surface area contributed by atoms with Gasteiger partial charge in [0.05, 0.1) is 0 Å². The van der Waals surface area contributed by atoms with E-state index in [2.05, 4.69) is 0 Å². The van der Waals surface area contributed by atoms with Gasteiger partial charge < -0.3 is 0 Å². The average molecular weight is 94.6 g/mol. The normalized spacial score (nSPS) is 0. The quantitative estimate of drug-likeness (QED) is 0.320. The van der Waals surface area contributed by atoms with Crippen LogP contribution in [0.1, 0.15) is 0 Å². The van der Waals surface area contributed by atoms with Crippen LogP contribution in [0.15, 0.2) is 0 Å². The van der Waals surface area contributed by atoms with E-state index in [0.717, 1.165) is 0 Å². The maximum absolute atomic E-state index is 0. The molecular formula is Mg2Na2. The molecule has 0 bridgehead atoms. The summed E-state index contributed by atoms with van der Waals surface area (Å²) >= 11 is 0. The molecule has 4 heteroatoms. The van der Waals surface area contributed by atoms with Crippen LogP contribution in [0, 0.1) is 0 Å². The Morgan fingerprint density at radius 2 is 0.500 bits per heavy atom. The van der Waals surface area contributed by atoms with E-state index in [4.69, 9.17) is 0 Å². The largest absolute Gasteiger partial charge is 0 e. The first-order valence-corrected chi connectivity index (χ1v) is 0. The van der Waals surface area contributed by atoms with Gasteiger partial charge in [-0.3, -0.25) is 0 Å². The summed E-state index contributed by atoms with van der Waals surface area (Å²) in [6, 6.07) is 0. The second-order valence-corrected chi connectivity index (χ2v) is 0. The van der Waals surface area contributed by atoms with Crippen LogP contribution in [0.4, 0.5) is 0 Å². The first-order valence-electron chi connectivity index (χ1n) is 0. The summed E-state index contributed by atoms with van der Waals surface area (Å²) in [6.07, 6.45) is 0. The van der Waals surface area contributed by atoms with Crippen molar-refractivity contribution in [2.24, 2.45) is 0 Å². The van der Waals surface area contributed by atoms with Crippen molar-refractivity contribution in [3.05, 3.63) is 0 Å². The molecule has 4 heavy (non-hydrogen) atoms. The van der Waals surface area contributed by atoms with Gasteiger partial charge in [-0.1, -0.05) is 0 Å². The van der Waals surface area contributed by atoms with Crippen molar-refractivity contribution in [1.29, 1.82) is 0 Å². The predicted octanol–water partition coefficient (Wildman–Crippen LogP) is -1.52. The maximum atomic E-state index is 0. The van der Waals surface area contributed by atoms with Gasteiger partial charge in [-0.2, -0.15) is 0 Å². The molecule has 0 aromatic carbocycles. The van der Waals surface area contributed by atoms with Crippen LogP contribution in [0.25, 0.3) is 0 Å². The average Bonchev–Trinajstić information content (AvgIpc) is 0. The van der Waals surface area contributed by atoms with Crippen LogP contribution in [-0.4, -0.2) is 105 Å². The van der Waals surface area contributed by atoms with Gasteiger partial charge in [0.15, 0.2) is 0 Å². The second-order valence-electron chi connectivity index (χ2n) is 0. The number of hydrogen-bond acceptors (Lipinski definition) is 0. The first kappa shape index (κ1) is 25.8. The third kappa shape index (κ3) is 9.11. The van der Waals surface area contributed by atoms with Crippen molar-refractivity contribution in [2.45, 2.75) is 0 Å². The number of rotatable bonds is 0. The Labute approximate surface area is 103 Å². The fourth-order valence-electron chi connectivity index (χ4n) is 0. The summed E-state index contributed by atoms with van der Waals surface area (Å²) in [4.78, 5) is 0. The first-order chi connectivity index (χ1) is 0. The Morgan fingerprint density at radius 3 is 0.500 bits per heavy atom. The van der Waals surface area contributed by atoms with Crippen molar-refractivity contribution in [3.63, 3.8) is 0 Å². The molecule has 0 aromatic rings. The second kappa shape index (κ2) is 16.0. The molecule has 0 aliphatic rings. The van der Waals surface area contributed by atoms with Gasteiger partial charge in [-0.25, -0.2) is 0 Å². The van der Waals surface area contributed by atoms with Crippen molar-refractivity contribution in [3.8, 4) is 0 Å². The molecule has 0 aliphatic carbocycles. The monoisotopic (exact) mass is 93.9 g/mol. The van der Waals surface area contributed by atoms with Crippen molar-refractivity contribution in [2.75, 3.05) is 0 Å². The van der Waals surface area contributed by atoms with Crippen LogP contribution in [0.3, 0.4) is 0 Å². The molecule has 0 aliphatic heterocycles. The van der Waals surface area contributed by atoms with E-state index >= 15 is 0 Å². The smallest absolute Gasteiger partial charge is 0 e. The van der Waals surface area contributed by atoms with Gasteiger partial charge in [0.1, 0.15) is 0 Å². The van der Waals surface area contributed by atoms with Gasteiger partial charge in [0.2, 0.25) is 0 Å². The van der Waals surface area contributed by atoms with Crippen LogP contribution in [0.2, 0.25) is 0 Å². The molecule has 0 spiro atoms. The predicted molar refractivity (Wildman–Crippen MR) is 23.0 cm³/mol. The molecule has 0 fully saturated rings. The minimum Gasteiger partial charge on any atom is 0 e. The van der Waals surface area contributed by atoms with Crippen molar-refractivity contribution in [1.82, 2.24) is 0 Å². The summed E-state index contributed by atoms with van der Waals surface area (Å²) in [5, 5.41) is 0. The Kier molecular flexibility index (Phi) is 103. The van der Waals surface area contributed by atoms with E-state index in [0.29, 0.717) is 0 Å². The summed E-state index contributed by atoms with van der Waals surface area (Å²) < 4.78 is 0. The minimum atomic E-state index is 0.